The van der Waals surface area contributed by atoms with Crippen LogP contribution in [-0.2, 0) is 9.53 Å². The molecule has 2 heterocycles. The van der Waals surface area contributed by atoms with E-state index in [0.29, 0.717) is 38.0 Å². The molecule has 0 bridgehead atoms. The molecule has 0 N–H and O–H groups in total. The van der Waals surface area contributed by atoms with Crippen molar-refractivity contribution in [3.05, 3.63) is 120 Å². The number of benzene rings is 3. The quantitative estimate of drug-likeness (QED) is 0.226. The van der Waals surface area contributed by atoms with E-state index in [9.17, 15) is 9.59 Å². The van der Waals surface area contributed by atoms with Crippen molar-refractivity contribution in [1.29, 1.82) is 0 Å². The topological polar surface area (TPSA) is 79.1 Å². The number of methoxy groups -OCH3 is 1. The monoisotopic (exact) mass is 596 g/mol. The molecule has 7 nitrogen and oxygen atoms in total. The lowest BCUT2D eigenvalue weighted by Gasteiger charge is -2.26. The van der Waals surface area contributed by atoms with Gasteiger partial charge in [0.2, 0.25) is 0 Å². The minimum atomic E-state index is -0.717. The molecule has 0 spiro atoms. The Morgan fingerprint density at radius 1 is 1.00 bits per heavy atom. The number of hydrogen-bond donors (Lipinski definition) is 0. The highest BCUT2D eigenvalue weighted by molar-refractivity contribution is 7.07. The molecule has 0 saturated heterocycles. The summed E-state index contributed by atoms with van der Waals surface area (Å²) in [6.45, 7) is 10.1. The first-order valence-electron chi connectivity index (χ1n) is 14.4. The zero-order valence-electron chi connectivity index (χ0n) is 25.3. The van der Waals surface area contributed by atoms with Gasteiger partial charge in [0.25, 0.3) is 5.56 Å². The van der Waals surface area contributed by atoms with Crippen LogP contribution in [0, 0.1) is 0 Å². The van der Waals surface area contributed by atoms with Crippen LogP contribution in [0.2, 0.25) is 0 Å². The van der Waals surface area contributed by atoms with Crippen molar-refractivity contribution in [3.8, 4) is 11.5 Å². The second-order valence-electron chi connectivity index (χ2n) is 10.8. The number of thiazole rings is 1. The highest BCUT2D eigenvalue weighted by atomic mass is 32.1. The van der Waals surface area contributed by atoms with Crippen molar-refractivity contribution in [2.75, 3.05) is 13.7 Å². The second kappa shape index (κ2) is 12.8. The lowest BCUT2D eigenvalue weighted by Crippen LogP contribution is -2.40. The lowest BCUT2D eigenvalue weighted by molar-refractivity contribution is -0.138. The van der Waals surface area contributed by atoms with Crippen LogP contribution in [0.1, 0.15) is 68.8 Å². The highest BCUT2D eigenvalue weighted by Crippen LogP contribution is 2.36. The maximum atomic E-state index is 14.2. The number of nitrogens with zero attached hydrogens (tertiary/aromatic N) is 2. The van der Waals surface area contributed by atoms with Crippen LogP contribution in [0.25, 0.3) is 11.8 Å². The Balaban J connectivity index is 1.75. The van der Waals surface area contributed by atoms with Gasteiger partial charge in [-0.05, 0) is 61.6 Å². The predicted molar refractivity (Wildman–Crippen MR) is 170 cm³/mol. The van der Waals surface area contributed by atoms with E-state index in [2.05, 4.69) is 13.8 Å². The average Bonchev–Trinajstić information content (AvgIpc) is 3.31. The van der Waals surface area contributed by atoms with E-state index in [1.165, 1.54) is 16.9 Å². The van der Waals surface area contributed by atoms with Crippen molar-refractivity contribution >= 4 is 29.1 Å². The van der Waals surface area contributed by atoms with E-state index in [-0.39, 0.29) is 18.3 Å². The number of hydrogen-bond acceptors (Lipinski definition) is 7. The normalized spacial score (nSPS) is 15.0. The second-order valence-corrected chi connectivity index (χ2v) is 11.8. The van der Waals surface area contributed by atoms with Crippen LogP contribution < -0.4 is 24.4 Å². The fraction of sp³-hybridized carbons (Fsp3) is 0.286. The molecule has 0 radical (unpaired) electrons. The first kappa shape index (κ1) is 30.0. The number of carbonyl (C=O) groups is 1. The summed E-state index contributed by atoms with van der Waals surface area (Å²) in [6.07, 6.45) is 1.81. The molecule has 5 rings (SSSR count). The molecule has 3 aromatic carbocycles. The number of fused-ring (bicyclic) bond motifs is 1. The summed E-state index contributed by atoms with van der Waals surface area (Å²) in [7, 11) is 1.59. The summed E-state index contributed by atoms with van der Waals surface area (Å²) in [6, 6.07) is 22.5. The third-order valence-electron chi connectivity index (χ3n) is 7.14. The summed E-state index contributed by atoms with van der Waals surface area (Å²) >= 11 is 1.29. The fourth-order valence-corrected chi connectivity index (χ4v) is 6.10. The third kappa shape index (κ3) is 6.20. The molecule has 0 fully saturated rings. The van der Waals surface area contributed by atoms with E-state index in [0.717, 1.165) is 16.7 Å². The largest absolute Gasteiger partial charge is 0.493 e. The molecule has 1 aromatic heterocycles. The number of esters is 1. The molecule has 4 aromatic rings. The fourth-order valence-electron chi connectivity index (χ4n) is 5.10. The van der Waals surface area contributed by atoms with Crippen molar-refractivity contribution in [2.45, 2.75) is 52.7 Å². The van der Waals surface area contributed by atoms with Crippen molar-refractivity contribution < 1.29 is 19.0 Å². The van der Waals surface area contributed by atoms with Gasteiger partial charge in [-0.2, -0.15) is 0 Å². The SMILES string of the molecule is CCOC(=O)C1=C(c2ccccc2)N=c2s/c(=C\c3ccc(OC(C)C)c(OC)c3)c(=O)n2[C@@H]1c1ccc(C(C)C)cc1. The van der Waals surface area contributed by atoms with Gasteiger partial charge in [-0.3, -0.25) is 9.36 Å². The van der Waals surface area contributed by atoms with E-state index in [1.54, 1.807) is 18.6 Å². The van der Waals surface area contributed by atoms with Gasteiger partial charge in [-0.15, -0.1) is 0 Å². The molecule has 8 heteroatoms. The van der Waals surface area contributed by atoms with Crippen LogP contribution >= 0.6 is 11.3 Å². The standard InChI is InChI=1S/C35H36N2O5S/c1-7-41-34(39)30-31(25-11-9-8-10-12-25)36-35-37(32(30)26-16-14-24(15-17-26)21(2)3)33(38)29(43-35)20-23-13-18-27(42-22(4)5)28(19-23)40-6/h8-22,32H,7H2,1-6H3/b29-20-/t32-/m1/s1. The maximum Gasteiger partial charge on any atom is 0.338 e. The minimum absolute atomic E-state index is 0.00884. The minimum Gasteiger partial charge on any atom is -0.493 e. The first-order chi connectivity index (χ1) is 20.7. The Bertz CT molecular complexity index is 1830. The van der Waals surface area contributed by atoms with Crippen LogP contribution in [0.15, 0.2) is 88.2 Å². The molecule has 0 saturated carbocycles. The highest BCUT2D eigenvalue weighted by Gasteiger charge is 2.35. The summed E-state index contributed by atoms with van der Waals surface area (Å²) < 4.78 is 19.1. The predicted octanol–water partition coefficient (Wildman–Crippen LogP) is 5.85. The van der Waals surface area contributed by atoms with Crippen LogP contribution in [0.3, 0.4) is 0 Å². The van der Waals surface area contributed by atoms with E-state index in [1.807, 2.05) is 92.7 Å². The molecule has 43 heavy (non-hydrogen) atoms. The van der Waals surface area contributed by atoms with Gasteiger partial charge in [0.15, 0.2) is 16.3 Å². The van der Waals surface area contributed by atoms with Crippen LogP contribution in [0.4, 0.5) is 0 Å². The maximum absolute atomic E-state index is 14.2. The molecule has 0 unspecified atom stereocenters. The average molecular weight is 597 g/mol. The zero-order valence-corrected chi connectivity index (χ0v) is 26.1. The summed E-state index contributed by atoms with van der Waals surface area (Å²) in [5.41, 5.74) is 4.13. The summed E-state index contributed by atoms with van der Waals surface area (Å²) in [5.74, 6) is 1.05. The zero-order chi connectivity index (χ0) is 30.7. The van der Waals surface area contributed by atoms with Gasteiger partial charge in [0.1, 0.15) is 0 Å². The molecular weight excluding hydrogens is 560 g/mol. The lowest BCUT2D eigenvalue weighted by atomic mass is 9.91. The van der Waals surface area contributed by atoms with Gasteiger partial charge < -0.3 is 14.2 Å². The smallest absolute Gasteiger partial charge is 0.338 e. The molecule has 1 aliphatic rings. The Hall–Kier alpha value is -4.43. The molecule has 0 aliphatic carbocycles. The van der Waals surface area contributed by atoms with E-state index in [4.69, 9.17) is 19.2 Å². The molecule has 1 atom stereocenters. The third-order valence-corrected chi connectivity index (χ3v) is 8.12. The Morgan fingerprint density at radius 3 is 2.35 bits per heavy atom. The van der Waals surface area contributed by atoms with Crippen molar-refractivity contribution in [1.82, 2.24) is 4.57 Å². The van der Waals surface area contributed by atoms with Crippen LogP contribution in [-0.4, -0.2) is 30.4 Å². The van der Waals surface area contributed by atoms with Gasteiger partial charge in [-0.25, -0.2) is 9.79 Å². The number of aromatic nitrogens is 1. The molecular formula is C35H36N2O5S. The number of ether oxygens (including phenoxy) is 3. The van der Waals surface area contributed by atoms with Crippen LogP contribution in [0.5, 0.6) is 11.5 Å². The van der Waals surface area contributed by atoms with Gasteiger partial charge in [0, 0.05) is 5.56 Å². The van der Waals surface area contributed by atoms with E-state index >= 15 is 0 Å². The van der Waals surface area contributed by atoms with Gasteiger partial charge >= 0.3 is 5.97 Å². The van der Waals surface area contributed by atoms with Gasteiger partial charge in [0.05, 0.1) is 41.7 Å². The summed E-state index contributed by atoms with van der Waals surface area (Å²) in [4.78, 5) is 33.2. The first-order valence-corrected chi connectivity index (χ1v) is 15.3. The van der Waals surface area contributed by atoms with E-state index < -0.39 is 12.0 Å². The molecule has 1 aliphatic heterocycles. The Labute approximate surface area is 255 Å². The summed E-state index contributed by atoms with van der Waals surface area (Å²) in [5, 5.41) is 0. The molecule has 222 valence electrons. The number of rotatable bonds is 9. The van der Waals surface area contributed by atoms with Crippen molar-refractivity contribution in [2.24, 2.45) is 4.99 Å². The van der Waals surface area contributed by atoms with Gasteiger partial charge in [-0.1, -0.05) is 85.8 Å². The Kier molecular flexibility index (Phi) is 8.97. The Morgan fingerprint density at radius 2 is 1.72 bits per heavy atom. The number of carbonyl (C=O) groups excluding carboxylic acids is 1. The van der Waals surface area contributed by atoms with Crippen molar-refractivity contribution in [3.63, 3.8) is 0 Å². The molecule has 0 amide bonds.